The van der Waals surface area contributed by atoms with Crippen LogP contribution in [0.5, 0.6) is 11.5 Å². The van der Waals surface area contributed by atoms with Crippen molar-refractivity contribution in [2.45, 2.75) is 33.2 Å². The molecule has 0 radical (unpaired) electrons. The molecule has 7 nitrogen and oxygen atoms in total. The molecule has 3 N–H and O–H groups in total. The molecule has 0 aliphatic rings. The molecule has 0 fully saturated rings. The van der Waals surface area contributed by atoms with E-state index in [9.17, 15) is 4.79 Å². The topological polar surface area (TPSA) is 84.0 Å². The Morgan fingerprint density at radius 2 is 1.78 bits per heavy atom. The highest BCUT2D eigenvalue weighted by Gasteiger charge is 2.10. The van der Waals surface area contributed by atoms with Crippen LogP contribution in [0.1, 0.15) is 31.4 Å². The summed E-state index contributed by atoms with van der Waals surface area (Å²) in [4.78, 5) is 16.4. The van der Waals surface area contributed by atoms with E-state index in [1.165, 1.54) is 0 Å². The van der Waals surface area contributed by atoms with Gasteiger partial charge in [-0.05, 0) is 48.2 Å². The van der Waals surface area contributed by atoms with E-state index in [-0.39, 0.29) is 35.8 Å². The lowest BCUT2D eigenvalue weighted by Crippen LogP contribution is -2.37. The lowest BCUT2D eigenvalue weighted by atomic mass is 10.1. The highest BCUT2D eigenvalue weighted by molar-refractivity contribution is 14.0. The second-order valence-electron chi connectivity index (χ2n) is 7.29. The van der Waals surface area contributed by atoms with Gasteiger partial charge in [0, 0.05) is 31.7 Å². The molecule has 0 aliphatic heterocycles. The number of aliphatic imine (C=N–C) groups is 1. The van der Waals surface area contributed by atoms with Crippen LogP contribution in [0.4, 0.5) is 5.69 Å². The van der Waals surface area contributed by atoms with E-state index in [2.05, 4.69) is 20.9 Å². The molecule has 8 heteroatoms. The zero-order chi connectivity index (χ0) is 22.6. The average molecular weight is 554 g/mol. The highest BCUT2D eigenvalue weighted by atomic mass is 127. The van der Waals surface area contributed by atoms with Crippen LogP contribution < -0.4 is 25.4 Å². The fraction of sp³-hybridized carbons (Fsp3) is 0.417. The first-order chi connectivity index (χ1) is 15.0. The van der Waals surface area contributed by atoms with Crippen LogP contribution in [-0.2, 0) is 17.8 Å². The van der Waals surface area contributed by atoms with Crippen LogP contribution in [0, 0.1) is 5.92 Å². The maximum absolute atomic E-state index is 12.1. The molecule has 2 aromatic rings. The zero-order valence-electron chi connectivity index (χ0n) is 19.5. The lowest BCUT2D eigenvalue weighted by molar-refractivity contribution is -0.119. The van der Waals surface area contributed by atoms with Gasteiger partial charge in [0.15, 0.2) is 17.5 Å². The number of hydrogen-bond acceptors (Lipinski definition) is 4. The minimum atomic E-state index is -0.00419. The smallest absolute Gasteiger partial charge is 0.227 e. The molecule has 0 spiro atoms. The number of carbonyl (C=O) groups excluding carboxylic acids is 1. The Hall–Kier alpha value is -2.49. The van der Waals surface area contributed by atoms with Gasteiger partial charge in [0.1, 0.15) is 0 Å². The Morgan fingerprint density at radius 1 is 1.03 bits per heavy atom. The Kier molecular flexibility index (Phi) is 12.5. The predicted octanol–water partition coefficient (Wildman–Crippen LogP) is 4.21. The van der Waals surface area contributed by atoms with Gasteiger partial charge >= 0.3 is 0 Å². The Morgan fingerprint density at radius 3 is 2.44 bits per heavy atom. The molecule has 2 aromatic carbocycles. The average Bonchev–Trinajstić information content (AvgIpc) is 2.80. The number of nitrogens with one attached hydrogen (secondary N) is 3. The number of carbonyl (C=O) groups is 1. The van der Waals surface area contributed by atoms with Crippen LogP contribution >= 0.6 is 24.0 Å². The minimum absolute atomic E-state index is 0. The number of ether oxygens (including phenoxy) is 2. The number of benzene rings is 2. The molecule has 0 aliphatic carbocycles. The van der Waals surface area contributed by atoms with E-state index < -0.39 is 0 Å². The minimum Gasteiger partial charge on any atom is -0.493 e. The number of guanidine groups is 1. The molecule has 32 heavy (non-hydrogen) atoms. The lowest BCUT2D eigenvalue weighted by Gasteiger charge is -2.14. The second-order valence-corrected chi connectivity index (χ2v) is 7.29. The van der Waals surface area contributed by atoms with E-state index in [1.54, 1.807) is 21.3 Å². The molecule has 1 unspecified atom stereocenters. The van der Waals surface area contributed by atoms with Gasteiger partial charge in [-0.15, -0.1) is 24.0 Å². The van der Waals surface area contributed by atoms with Gasteiger partial charge in [-0.3, -0.25) is 9.79 Å². The number of methoxy groups -OCH3 is 2. The molecule has 0 aromatic heterocycles. The second kappa shape index (κ2) is 14.5. The summed E-state index contributed by atoms with van der Waals surface area (Å²) in [7, 11) is 5.01. The Labute approximate surface area is 208 Å². The van der Waals surface area contributed by atoms with Gasteiger partial charge in [-0.1, -0.05) is 32.0 Å². The summed E-state index contributed by atoms with van der Waals surface area (Å²) in [6.07, 6.45) is 1.64. The van der Waals surface area contributed by atoms with Crippen LogP contribution in [-0.4, -0.2) is 39.7 Å². The normalized spacial score (nSPS) is 11.7. The molecule has 2 rings (SSSR count). The standard InChI is InChI=1S/C24H34N4O3.HI/c1-6-17(2)23(29)28-20-9-7-8-19(14-20)16-27-24(25-3)26-13-12-18-10-11-21(30-4)22(15-18)31-5;/h7-11,14-15,17H,6,12-13,16H2,1-5H3,(H,28,29)(H2,25,26,27);1H. The molecular weight excluding hydrogens is 519 g/mol. The first kappa shape index (κ1) is 27.5. The summed E-state index contributed by atoms with van der Waals surface area (Å²) in [6, 6.07) is 13.8. The SMILES string of the molecule is CCC(C)C(=O)Nc1cccc(CNC(=NC)NCCc2ccc(OC)c(OC)c2)c1.I. The molecule has 0 saturated carbocycles. The first-order valence-electron chi connectivity index (χ1n) is 10.6. The summed E-state index contributed by atoms with van der Waals surface area (Å²) in [6.45, 7) is 5.26. The van der Waals surface area contributed by atoms with Crippen LogP contribution in [0.2, 0.25) is 0 Å². The summed E-state index contributed by atoms with van der Waals surface area (Å²) in [5.74, 6) is 2.20. The van der Waals surface area contributed by atoms with Crippen molar-refractivity contribution in [1.82, 2.24) is 10.6 Å². The molecular formula is C24H35IN4O3. The van der Waals surface area contributed by atoms with Gasteiger partial charge in [0.25, 0.3) is 0 Å². The maximum atomic E-state index is 12.1. The number of halogens is 1. The van der Waals surface area contributed by atoms with Gasteiger partial charge in [-0.25, -0.2) is 0 Å². The third kappa shape index (κ3) is 8.57. The van der Waals surface area contributed by atoms with Crippen molar-refractivity contribution in [1.29, 1.82) is 0 Å². The van der Waals surface area contributed by atoms with Crippen LogP contribution in [0.25, 0.3) is 0 Å². The number of nitrogens with zero attached hydrogens (tertiary/aromatic N) is 1. The number of hydrogen-bond donors (Lipinski definition) is 3. The molecule has 1 atom stereocenters. The third-order valence-electron chi connectivity index (χ3n) is 5.09. The van der Waals surface area contributed by atoms with Crippen molar-refractivity contribution in [2.24, 2.45) is 10.9 Å². The third-order valence-corrected chi connectivity index (χ3v) is 5.09. The quantitative estimate of drug-likeness (QED) is 0.233. The zero-order valence-corrected chi connectivity index (χ0v) is 21.9. The molecule has 1 amide bonds. The van der Waals surface area contributed by atoms with Gasteiger partial charge in [0.2, 0.25) is 5.91 Å². The summed E-state index contributed by atoms with van der Waals surface area (Å²) in [5.41, 5.74) is 3.01. The number of anilines is 1. The Balaban J connectivity index is 0.00000512. The fourth-order valence-corrected chi connectivity index (χ4v) is 2.98. The van der Waals surface area contributed by atoms with E-state index in [1.807, 2.05) is 56.3 Å². The largest absolute Gasteiger partial charge is 0.493 e. The summed E-state index contributed by atoms with van der Waals surface area (Å²) in [5, 5.41) is 9.60. The molecule has 0 heterocycles. The monoisotopic (exact) mass is 554 g/mol. The van der Waals surface area contributed by atoms with Crippen molar-refractivity contribution in [3.05, 3.63) is 53.6 Å². The van der Waals surface area contributed by atoms with Crippen molar-refractivity contribution in [3.63, 3.8) is 0 Å². The highest BCUT2D eigenvalue weighted by Crippen LogP contribution is 2.27. The number of amides is 1. The van der Waals surface area contributed by atoms with E-state index in [0.29, 0.717) is 6.54 Å². The van der Waals surface area contributed by atoms with E-state index in [0.717, 1.165) is 53.7 Å². The maximum Gasteiger partial charge on any atom is 0.227 e. The Bertz CT molecular complexity index is 889. The van der Waals surface area contributed by atoms with Crippen molar-refractivity contribution >= 4 is 41.5 Å². The summed E-state index contributed by atoms with van der Waals surface area (Å²) >= 11 is 0. The number of rotatable bonds is 10. The van der Waals surface area contributed by atoms with Gasteiger partial charge in [-0.2, -0.15) is 0 Å². The molecule has 176 valence electrons. The van der Waals surface area contributed by atoms with Crippen molar-refractivity contribution in [2.75, 3.05) is 33.1 Å². The van der Waals surface area contributed by atoms with E-state index in [4.69, 9.17) is 9.47 Å². The van der Waals surface area contributed by atoms with Crippen molar-refractivity contribution in [3.8, 4) is 11.5 Å². The predicted molar refractivity (Wildman–Crippen MR) is 141 cm³/mol. The van der Waals surface area contributed by atoms with Crippen LogP contribution in [0.3, 0.4) is 0 Å². The van der Waals surface area contributed by atoms with Gasteiger partial charge < -0.3 is 25.4 Å². The molecule has 0 bridgehead atoms. The van der Waals surface area contributed by atoms with Crippen molar-refractivity contribution < 1.29 is 14.3 Å². The van der Waals surface area contributed by atoms with E-state index >= 15 is 0 Å². The van der Waals surface area contributed by atoms with Gasteiger partial charge in [0.05, 0.1) is 14.2 Å². The fourth-order valence-electron chi connectivity index (χ4n) is 2.98. The molecule has 0 saturated heterocycles. The van der Waals surface area contributed by atoms with Crippen LogP contribution in [0.15, 0.2) is 47.5 Å². The summed E-state index contributed by atoms with van der Waals surface area (Å²) < 4.78 is 10.6. The first-order valence-corrected chi connectivity index (χ1v) is 10.6.